The molecule has 0 saturated carbocycles. The number of nitrogens with one attached hydrogen (secondary N) is 1. The Balaban J connectivity index is 1.64. The molecule has 4 rings (SSSR count). The maximum absolute atomic E-state index is 5.51. The van der Waals surface area contributed by atoms with Crippen LogP contribution >= 0.6 is 0 Å². The number of fused-ring (bicyclic) bond motifs is 1. The van der Waals surface area contributed by atoms with E-state index in [1.807, 2.05) is 24.3 Å². The number of para-hydroxylation sites is 1. The standard InChI is InChI=1S/C15H15N3O2/c1-2-6-13-11(5-1)12(9-19-13)15-17-14(20-18-15)8-10-4-3-7-16-10/h1-2,5-6,9-10,16H,3-4,7-8H2. The van der Waals surface area contributed by atoms with E-state index in [1.165, 1.54) is 12.8 Å². The van der Waals surface area contributed by atoms with Crippen molar-refractivity contribution in [3.05, 3.63) is 36.4 Å². The lowest BCUT2D eigenvalue weighted by molar-refractivity contribution is 0.364. The van der Waals surface area contributed by atoms with Crippen molar-refractivity contribution in [2.45, 2.75) is 25.3 Å². The number of aromatic nitrogens is 2. The average molecular weight is 269 g/mol. The van der Waals surface area contributed by atoms with Crippen LogP contribution in [0.3, 0.4) is 0 Å². The van der Waals surface area contributed by atoms with E-state index < -0.39 is 0 Å². The summed E-state index contributed by atoms with van der Waals surface area (Å²) >= 11 is 0. The van der Waals surface area contributed by atoms with E-state index >= 15 is 0 Å². The van der Waals surface area contributed by atoms with Crippen LogP contribution < -0.4 is 5.32 Å². The van der Waals surface area contributed by atoms with E-state index in [0.717, 1.165) is 29.5 Å². The number of hydrogen-bond donors (Lipinski definition) is 1. The summed E-state index contributed by atoms with van der Waals surface area (Å²) in [6, 6.07) is 8.32. The van der Waals surface area contributed by atoms with Crippen molar-refractivity contribution in [3.63, 3.8) is 0 Å². The number of nitrogens with zero attached hydrogens (tertiary/aromatic N) is 2. The van der Waals surface area contributed by atoms with E-state index in [-0.39, 0.29) is 0 Å². The highest BCUT2D eigenvalue weighted by Gasteiger charge is 2.19. The number of benzene rings is 1. The minimum Gasteiger partial charge on any atom is -0.464 e. The van der Waals surface area contributed by atoms with Gasteiger partial charge in [-0.2, -0.15) is 4.98 Å². The van der Waals surface area contributed by atoms with Crippen molar-refractivity contribution in [2.24, 2.45) is 0 Å². The fourth-order valence-electron chi connectivity index (χ4n) is 2.74. The van der Waals surface area contributed by atoms with Gasteiger partial charge in [0, 0.05) is 17.8 Å². The highest BCUT2D eigenvalue weighted by atomic mass is 16.5. The Bertz CT molecular complexity index is 725. The zero-order valence-corrected chi connectivity index (χ0v) is 11.0. The Kier molecular flexibility index (Phi) is 2.77. The molecule has 5 heteroatoms. The van der Waals surface area contributed by atoms with Crippen LogP contribution in [0, 0.1) is 0 Å². The van der Waals surface area contributed by atoms with E-state index in [1.54, 1.807) is 6.26 Å². The van der Waals surface area contributed by atoms with Gasteiger partial charge in [0.15, 0.2) is 0 Å². The predicted molar refractivity (Wildman–Crippen MR) is 74.2 cm³/mol. The summed E-state index contributed by atoms with van der Waals surface area (Å²) in [7, 11) is 0. The van der Waals surface area contributed by atoms with Crippen LogP contribution in [-0.4, -0.2) is 22.7 Å². The average Bonchev–Trinajstić information content (AvgIpc) is 3.18. The molecule has 5 nitrogen and oxygen atoms in total. The molecule has 0 amide bonds. The molecule has 1 fully saturated rings. The van der Waals surface area contributed by atoms with Gasteiger partial charge in [-0.15, -0.1) is 0 Å². The molecule has 102 valence electrons. The van der Waals surface area contributed by atoms with Crippen LogP contribution in [0.25, 0.3) is 22.4 Å². The predicted octanol–water partition coefficient (Wildman–Crippen LogP) is 2.78. The third-order valence-corrected chi connectivity index (χ3v) is 3.77. The summed E-state index contributed by atoms with van der Waals surface area (Å²) in [4.78, 5) is 4.49. The smallest absolute Gasteiger partial charge is 0.228 e. The molecule has 3 heterocycles. The largest absolute Gasteiger partial charge is 0.464 e. The van der Waals surface area contributed by atoms with Crippen molar-refractivity contribution in [3.8, 4) is 11.4 Å². The Morgan fingerprint density at radius 1 is 1.30 bits per heavy atom. The van der Waals surface area contributed by atoms with Gasteiger partial charge in [0.25, 0.3) is 0 Å². The Hall–Kier alpha value is -2.14. The molecule has 0 aliphatic carbocycles. The third-order valence-electron chi connectivity index (χ3n) is 3.77. The van der Waals surface area contributed by atoms with Gasteiger partial charge in [0.1, 0.15) is 11.8 Å². The minimum atomic E-state index is 0.462. The number of furan rings is 1. The maximum Gasteiger partial charge on any atom is 0.228 e. The van der Waals surface area contributed by atoms with E-state index in [4.69, 9.17) is 8.94 Å². The van der Waals surface area contributed by atoms with Crippen molar-refractivity contribution >= 4 is 11.0 Å². The van der Waals surface area contributed by atoms with Crippen LogP contribution in [0.5, 0.6) is 0 Å². The molecule has 0 spiro atoms. The molecule has 1 aliphatic rings. The SMILES string of the molecule is c1ccc2c(-c3noc(CC4CCCN4)n3)coc2c1. The van der Waals surface area contributed by atoms with Gasteiger partial charge in [0.05, 0.1) is 5.56 Å². The highest BCUT2D eigenvalue weighted by molar-refractivity contribution is 5.91. The molecule has 0 radical (unpaired) electrons. The Morgan fingerprint density at radius 2 is 2.25 bits per heavy atom. The van der Waals surface area contributed by atoms with E-state index in [0.29, 0.717) is 17.8 Å². The summed E-state index contributed by atoms with van der Waals surface area (Å²) < 4.78 is 10.9. The molecule has 2 aromatic heterocycles. The Morgan fingerprint density at radius 3 is 3.15 bits per heavy atom. The van der Waals surface area contributed by atoms with Crippen molar-refractivity contribution in [1.29, 1.82) is 0 Å². The lowest BCUT2D eigenvalue weighted by atomic mass is 10.1. The molecule has 20 heavy (non-hydrogen) atoms. The second-order valence-corrected chi connectivity index (χ2v) is 5.15. The van der Waals surface area contributed by atoms with Crippen LogP contribution in [0.2, 0.25) is 0 Å². The molecule has 0 bridgehead atoms. The zero-order valence-electron chi connectivity index (χ0n) is 11.0. The molecule has 1 atom stereocenters. The summed E-state index contributed by atoms with van der Waals surface area (Å²) in [6.45, 7) is 1.08. The monoisotopic (exact) mass is 269 g/mol. The van der Waals surface area contributed by atoms with Gasteiger partial charge in [-0.25, -0.2) is 0 Å². The molecule has 1 aliphatic heterocycles. The normalized spacial score (nSPS) is 18.9. The summed E-state index contributed by atoms with van der Waals surface area (Å²) in [5.74, 6) is 1.28. The molecule has 3 aromatic rings. The quantitative estimate of drug-likeness (QED) is 0.792. The maximum atomic E-state index is 5.51. The Labute approximate surface area is 116 Å². The summed E-state index contributed by atoms with van der Waals surface area (Å²) in [6.07, 6.45) is 4.88. The van der Waals surface area contributed by atoms with Gasteiger partial charge >= 0.3 is 0 Å². The lowest BCUT2D eigenvalue weighted by Gasteiger charge is -2.04. The summed E-state index contributed by atoms with van der Waals surface area (Å²) in [5, 5.41) is 8.52. The first kappa shape index (κ1) is 11.7. The number of hydrogen-bond acceptors (Lipinski definition) is 5. The fourth-order valence-corrected chi connectivity index (χ4v) is 2.74. The molecule has 1 aromatic carbocycles. The molecule has 1 unspecified atom stereocenters. The van der Waals surface area contributed by atoms with Crippen LogP contribution in [-0.2, 0) is 6.42 Å². The first-order valence-corrected chi connectivity index (χ1v) is 6.93. The first-order valence-electron chi connectivity index (χ1n) is 6.93. The molecular weight excluding hydrogens is 254 g/mol. The number of rotatable bonds is 3. The van der Waals surface area contributed by atoms with Crippen molar-refractivity contribution in [1.82, 2.24) is 15.5 Å². The second kappa shape index (κ2) is 4.76. The summed E-state index contributed by atoms with van der Waals surface area (Å²) in [5.41, 5.74) is 1.72. The van der Waals surface area contributed by atoms with Gasteiger partial charge in [-0.3, -0.25) is 0 Å². The van der Waals surface area contributed by atoms with Crippen LogP contribution in [0.1, 0.15) is 18.7 Å². The lowest BCUT2D eigenvalue weighted by Crippen LogP contribution is -2.23. The second-order valence-electron chi connectivity index (χ2n) is 5.15. The topological polar surface area (TPSA) is 64.1 Å². The molecule has 1 saturated heterocycles. The molecular formula is C15H15N3O2. The van der Waals surface area contributed by atoms with Gasteiger partial charge in [-0.1, -0.05) is 23.4 Å². The first-order chi connectivity index (χ1) is 9.90. The zero-order chi connectivity index (χ0) is 13.4. The van der Waals surface area contributed by atoms with Gasteiger partial charge in [0.2, 0.25) is 11.7 Å². The fraction of sp³-hybridized carbons (Fsp3) is 0.333. The van der Waals surface area contributed by atoms with Gasteiger partial charge in [-0.05, 0) is 25.5 Å². The van der Waals surface area contributed by atoms with E-state index in [2.05, 4.69) is 15.5 Å². The van der Waals surface area contributed by atoms with Crippen LogP contribution in [0.15, 0.2) is 39.5 Å². The van der Waals surface area contributed by atoms with Crippen LogP contribution in [0.4, 0.5) is 0 Å². The molecule has 1 N–H and O–H groups in total. The van der Waals surface area contributed by atoms with Crippen molar-refractivity contribution in [2.75, 3.05) is 6.54 Å². The third kappa shape index (κ3) is 2.00. The van der Waals surface area contributed by atoms with Gasteiger partial charge < -0.3 is 14.3 Å². The van der Waals surface area contributed by atoms with Crippen molar-refractivity contribution < 1.29 is 8.94 Å². The minimum absolute atomic E-state index is 0.462. The highest BCUT2D eigenvalue weighted by Crippen LogP contribution is 2.28. The van der Waals surface area contributed by atoms with E-state index in [9.17, 15) is 0 Å².